The SMILES string of the molecule is COC(=O)/C(=C(/C)[AsH]c1cccc2ncccc12)c1ccccc1Br. The van der Waals surface area contributed by atoms with Crippen molar-refractivity contribution < 1.29 is 9.53 Å². The summed E-state index contributed by atoms with van der Waals surface area (Å²) in [6.45, 7) is 2.03. The van der Waals surface area contributed by atoms with Crippen LogP contribution in [-0.2, 0) is 9.53 Å². The van der Waals surface area contributed by atoms with Crippen molar-refractivity contribution in [3.05, 3.63) is 75.2 Å². The van der Waals surface area contributed by atoms with Crippen molar-refractivity contribution >= 4 is 58.5 Å². The van der Waals surface area contributed by atoms with Crippen LogP contribution in [0.5, 0.6) is 0 Å². The van der Waals surface area contributed by atoms with Crippen molar-refractivity contribution in [1.82, 2.24) is 4.98 Å². The molecular weight excluding hydrogens is 441 g/mol. The molecule has 0 amide bonds. The van der Waals surface area contributed by atoms with E-state index in [1.807, 2.05) is 49.4 Å². The number of ether oxygens (including phenoxy) is 1. The van der Waals surface area contributed by atoms with Crippen molar-refractivity contribution in [3.63, 3.8) is 0 Å². The minimum absolute atomic E-state index is 0.300. The van der Waals surface area contributed by atoms with Crippen molar-refractivity contribution in [3.8, 4) is 0 Å². The second-order valence-corrected chi connectivity index (χ2v) is 9.55. The van der Waals surface area contributed by atoms with E-state index in [1.54, 1.807) is 6.20 Å². The first-order chi connectivity index (χ1) is 12.1. The zero-order valence-corrected chi connectivity index (χ0v) is 17.6. The molecule has 0 aliphatic carbocycles. The summed E-state index contributed by atoms with van der Waals surface area (Å²) in [5.41, 5.74) is 2.50. The number of rotatable bonds is 4. The molecule has 1 heterocycles. The Morgan fingerprint density at radius 1 is 1.08 bits per heavy atom. The van der Waals surface area contributed by atoms with Crippen LogP contribution < -0.4 is 4.35 Å². The van der Waals surface area contributed by atoms with Gasteiger partial charge in [0.25, 0.3) is 0 Å². The molecule has 0 bridgehead atoms. The number of benzene rings is 2. The van der Waals surface area contributed by atoms with Gasteiger partial charge in [0.2, 0.25) is 0 Å². The van der Waals surface area contributed by atoms with Gasteiger partial charge < -0.3 is 0 Å². The van der Waals surface area contributed by atoms with E-state index in [9.17, 15) is 4.79 Å². The van der Waals surface area contributed by atoms with Crippen LogP contribution in [0, 0.1) is 0 Å². The quantitative estimate of drug-likeness (QED) is 0.341. The van der Waals surface area contributed by atoms with Crippen LogP contribution in [0.25, 0.3) is 16.5 Å². The standard InChI is InChI=1S/C20H17AsBrNO2/c1-13(19(20(24)25-2)15-7-3-4-10-17(15)22)21-16-9-5-11-18-14(16)8-6-12-23-18/h3-12,21H,1-2H3/b19-13-. The average molecular weight is 458 g/mol. The first kappa shape index (κ1) is 17.9. The van der Waals surface area contributed by atoms with Gasteiger partial charge in [0.1, 0.15) is 0 Å². The molecule has 3 rings (SSSR count). The summed E-state index contributed by atoms with van der Waals surface area (Å²) in [6.07, 6.45) is 1.80. The first-order valence-electron chi connectivity index (χ1n) is 7.76. The number of carbonyl (C=O) groups excluding carboxylic acids is 1. The molecule has 1 aromatic heterocycles. The molecule has 2 aromatic carbocycles. The van der Waals surface area contributed by atoms with E-state index in [0.717, 1.165) is 25.3 Å². The van der Waals surface area contributed by atoms with Gasteiger partial charge in [-0.1, -0.05) is 0 Å². The van der Waals surface area contributed by atoms with Crippen LogP contribution in [0.15, 0.2) is 69.6 Å². The van der Waals surface area contributed by atoms with Crippen LogP contribution in [-0.4, -0.2) is 33.8 Å². The fraction of sp³-hybridized carbons (Fsp3) is 0.100. The summed E-state index contributed by atoms with van der Waals surface area (Å²) in [4.78, 5) is 16.9. The van der Waals surface area contributed by atoms with Gasteiger partial charge in [-0.25, -0.2) is 0 Å². The molecule has 0 aliphatic heterocycles. The molecule has 0 fully saturated rings. The number of aromatic nitrogens is 1. The van der Waals surface area contributed by atoms with E-state index in [0.29, 0.717) is 5.57 Å². The minimum atomic E-state index is -0.701. The Kier molecular flexibility index (Phi) is 5.72. The van der Waals surface area contributed by atoms with E-state index >= 15 is 0 Å². The molecule has 1 atom stereocenters. The second-order valence-electron chi connectivity index (χ2n) is 5.47. The molecule has 0 spiro atoms. The molecule has 5 heteroatoms. The molecule has 1 unspecified atom stereocenters. The molecule has 3 aromatic rings. The molecule has 0 N–H and O–H groups in total. The molecule has 126 valence electrons. The average Bonchev–Trinajstić information content (AvgIpc) is 2.63. The maximum absolute atomic E-state index is 12.5. The topological polar surface area (TPSA) is 39.2 Å². The number of fused-ring (bicyclic) bond motifs is 1. The summed E-state index contributed by atoms with van der Waals surface area (Å²) < 4.78 is 8.29. The van der Waals surface area contributed by atoms with Crippen molar-refractivity contribution in [2.75, 3.05) is 7.11 Å². The molecular formula is C20H17AsBrNO2. The van der Waals surface area contributed by atoms with Crippen LogP contribution >= 0.6 is 15.9 Å². The van der Waals surface area contributed by atoms with Crippen LogP contribution in [0.3, 0.4) is 0 Å². The van der Waals surface area contributed by atoms with Crippen LogP contribution in [0.2, 0.25) is 0 Å². The summed E-state index contributed by atoms with van der Waals surface area (Å²) in [5.74, 6) is -0.300. The van der Waals surface area contributed by atoms with Crippen LogP contribution in [0.1, 0.15) is 12.5 Å². The number of halogens is 1. The van der Waals surface area contributed by atoms with Gasteiger partial charge in [-0.2, -0.15) is 0 Å². The van der Waals surface area contributed by atoms with Gasteiger partial charge in [-0.05, 0) is 0 Å². The Morgan fingerprint density at radius 3 is 2.64 bits per heavy atom. The van der Waals surface area contributed by atoms with Gasteiger partial charge in [0.15, 0.2) is 0 Å². The molecule has 25 heavy (non-hydrogen) atoms. The van der Waals surface area contributed by atoms with E-state index < -0.39 is 15.8 Å². The normalized spacial score (nSPS) is 12.4. The maximum atomic E-state index is 12.5. The number of esters is 1. The Bertz CT molecular complexity index is 963. The zero-order chi connectivity index (χ0) is 17.8. The van der Waals surface area contributed by atoms with E-state index in [4.69, 9.17) is 4.74 Å². The third-order valence-electron chi connectivity index (χ3n) is 3.88. The predicted molar refractivity (Wildman–Crippen MR) is 107 cm³/mol. The summed E-state index contributed by atoms with van der Waals surface area (Å²) in [6, 6.07) is 17.9. The summed E-state index contributed by atoms with van der Waals surface area (Å²) in [5, 5.41) is 1.15. The number of nitrogens with zero attached hydrogens (tertiary/aromatic N) is 1. The monoisotopic (exact) mass is 457 g/mol. The number of carbonyl (C=O) groups is 1. The molecule has 3 nitrogen and oxygen atoms in total. The Balaban J connectivity index is 2.11. The fourth-order valence-corrected chi connectivity index (χ4v) is 5.90. The third-order valence-corrected chi connectivity index (χ3v) is 7.36. The Hall–Kier alpha value is -1.90. The van der Waals surface area contributed by atoms with E-state index in [2.05, 4.69) is 33.0 Å². The summed E-state index contributed by atoms with van der Waals surface area (Å²) >= 11 is 2.85. The van der Waals surface area contributed by atoms with Crippen LogP contribution in [0.4, 0.5) is 0 Å². The Morgan fingerprint density at radius 2 is 1.88 bits per heavy atom. The number of pyridine rings is 1. The molecule has 0 radical (unpaired) electrons. The third kappa shape index (κ3) is 3.86. The number of hydrogen-bond acceptors (Lipinski definition) is 3. The molecule has 0 saturated heterocycles. The van der Waals surface area contributed by atoms with Gasteiger partial charge in [-0.3, -0.25) is 0 Å². The second kappa shape index (κ2) is 7.99. The van der Waals surface area contributed by atoms with Gasteiger partial charge in [0, 0.05) is 0 Å². The van der Waals surface area contributed by atoms with Crippen molar-refractivity contribution in [1.29, 1.82) is 0 Å². The number of allylic oxidation sites excluding steroid dienone is 1. The van der Waals surface area contributed by atoms with Crippen molar-refractivity contribution in [2.24, 2.45) is 0 Å². The Labute approximate surface area is 161 Å². The first-order valence-corrected chi connectivity index (χ1v) is 10.7. The van der Waals surface area contributed by atoms with Gasteiger partial charge >= 0.3 is 162 Å². The summed E-state index contributed by atoms with van der Waals surface area (Å²) in [7, 11) is 1.42. The number of hydrogen-bond donors (Lipinski definition) is 0. The van der Waals surface area contributed by atoms with Gasteiger partial charge in [-0.15, -0.1) is 0 Å². The fourth-order valence-electron chi connectivity index (χ4n) is 2.71. The zero-order valence-electron chi connectivity index (χ0n) is 13.9. The van der Waals surface area contributed by atoms with E-state index in [-0.39, 0.29) is 5.97 Å². The number of methoxy groups -OCH3 is 1. The predicted octanol–water partition coefficient (Wildman–Crippen LogP) is 3.66. The molecule has 0 aliphatic rings. The van der Waals surface area contributed by atoms with E-state index in [1.165, 1.54) is 11.5 Å². The van der Waals surface area contributed by atoms with Crippen molar-refractivity contribution in [2.45, 2.75) is 6.92 Å². The molecule has 0 saturated carbocycles. The van der Waals surface area contributed by atoms with Gasteiger partial charge in [0.05, 0.1) is 0 Å².